The van der Waals surface area contributed by atoms with Gasteiger partial charge in [-0.1, -0.05) is 20.8 Å². The number of rotatable bonds is 4. The summed E-state index contributed by atoms with van der Waals surface area (Å²) in [5.41, 5.74) is 1.63. The molecule has 134 valence electrons. The van der Waals surface area contributed by atoms with Crippen LogP contribution in [0.5, 0.6) is 5.75 Å². The van der Waals surface area contributed by atoms with Gasteiger partial charge in [-0.25, -0.2) is 0 Å². The second-order valence-electron chi connectivity index (χ2n) is 7.60. The Bertz CT molecular complexity index is 798. The minimum Gasteiger partial charge on any atom is -0.461 e. The van der Waals surface area contributed by atoms with Crippen LogP contribution in [0.1, 0.15) is 51.4 Å². The van der Waals surface area contributed by atoms with Gasteiger partial charge in [0.15, 0.2) is 0 Å². The standard InChI is InChI=1S/C20H25NO4/c1-20(2,3)19(23)21-11-10-18(22)24-13-8-9-17-15(12-13)14-6-4-5-7-16(14)25-17/h8-9,12H,4-7,10-11H2,1-3H3,(H,21,23). The molecular weight excluding hydrogens is 318 g/mol. The zero-order chi connectivity index (χ0) is 18.0. The third kappa shape index (κ3) is 4.03. The summed E-state index contributed by atoms with van der Waals surface area (Å²) in [6.07, 6.45) is 4.46. The fourth-order valence-corrected chi connectivity index (χ4v) is 3.03. The van der Waals surface area contributed by atoms with Crippen LogP contribution in [0, 0.1) is 5.41 Å². The average Bonchev–Trinajstić information content (AvgIpc) is 2.92. The molecule has 1 aromatic carbocycles. The number of hydrogen-bond donors (Lipinski definition) is 1. The summed E-state index contributed by atoms with van der Waals surface area (Å²) in [5.74, 6) is 1.15. The lowest BCUT2D eigenvalue weighted by Crippen LogP contribution is -2.36. The Balaban J connectivity index is 1.61. The number of esters is 1. The van der Waals surface area contributed by atoms with Gasteiger partial charge >= 0.3 is 5.97 Å². The van der Waals surface area contributed by atoms with E-state index in [2.05, 4.69) is 5.32 Å². The molecule has 1 amide bonds. The van der Waals surface area contributed by atoms with Crippen LogP contribution in [0.4, 0.5) is 0 Å². The van der Waals surface area contributed by atoms with E-state index in [1.54, 1.807) is 6.07 Å². The van der Waals surface area contributed by atoms with E-state index in [1.807, 2.05) is 32.9 Å². The van der Waals surface area contributed by atoms with Gasteiger partial charge in [0.1, 0.15) is 17.1 Å². The van der Waals surface area contributed by atoms with Crippen molar-refractivity contribution >= 4 is 22.8 Å². The Labute approximate surface area is 147 Å². The first-order chi connectivity index (χ1) is 11.8. The average molecular weight is 343 g/mol. The van der Waals surface area contributed by atoms with E-state index in [0.29, 0.717) is 5.75 Å². The van der Waals surface area contributed by atoms with Crippen LogP contribution in [0.2, 0.25) is 0 Å². The molecular formula is C20H25NO4. The minimum absolute atomic E-state index is 0.0771. The van der Waals surface area contributed by atoms with Gasteiger partial charge in [-0.15, -0.1) is 0 Å². The SMILES string of the molecule is CC(C)(C)C(=O)NCCC(=O)Oc1ccc2oc3c(c2c1)CCCC3. The fourth-order valence-electron chi connectivity index (χ4n) is 3.03. The number of furan rings is 1. The monoisotopic (exact) mass is 343 g/mol. The molecule has 0 bridgehead atoms. The van der Waals surface area contributed by atoms with E-state index in [9.17, 15) is 9.59 Å². The highest BCUT2D eigenvalue weighted by atomic mass is 16.5. The molecule has 0 saturated heterocycles. The van der Waals surface area contributed by atoms with Crippen molar-refractivity contribution in [2.75, 3.05) is 6.54 Å². The molecule has 0 fully saturated rings. The second kappa shape index (κ2) is 6.90. The molecule has 2 aromatic rings. The third-order valence-corrected chi connectivity index (χ3v) is 4.45. The molecule has 1 aliphatic carbocycles. The van der Waals surface area contributed by atoms with E-state index < -0.39 is 5.41 Å². The van der Waals surface area contributed by atoms with Crippen LogP contribution < -0.4 is 10.1 Å². The van der Waals surface area contributed by atoms with Gasteiger partial charge in [-0.05, 0) is 37.5 Å². The Kier molecular flexibility index (Phi) is 4.84. The van der Waals surface area contributed by atoms with Crippen LogP contribution >= 0.6 is 0 Å². The third-order valence-electron chi connectivity index (χ3n) is 4.45. The number of aryl methyl sites for hydroxylation is 2. The molecule has 0 unspecified atom stereocenters. The van der Waals surface area contributed by atoms with Gasteiger partial charge in [-0.2, -0.15) is 0 Å². The lowest BCUT2D eigenvalue weighted by molar-refractivity contribution is -0.134. The van der Waals surface area contributed by atoms with Crippen molar-refractivity contribution in [3.05, 3.63) is 29.5 Å². The Morgan fingerprint density at radius 2 is 1.96 bits per heavy atom. The quantitative estimate of drug-likeness (QED) is 0.678. The molecule has 5 nitrogen and oxygen atoms in total. The molecule has 0 spiro atoms. The van der Waals surface area contributed by atoms with Gasteiger partial charge in [0.2, 0.25) is 5.91 Å². The van der Waals surface area contributed by atoms with Crippen molar-refractivity contribution in [2.45, 2.75) is 52.9 Å². The number of amides is 1. The zero-order valence-corrected chi connectivity index (χ0v) is 15.1. The highest BCUT2D eigenvalue weighted by molar-refractivity contribution is 5.85. The maximum Gasteiger partial charge on any atom is 0.312 e. The van der Waals surface area contributed by atoms with Crippen LogP contribution in [-0.2, 0) is 22.4 Å². The van der Waals surface area contributed by atoms with Crippen molar-refractivity contribution < 1.29 is 18.7 Å². The lowest BCUT2D eigenvalue weighted by Gasteiger charge is -2.17. The van der Waals surface area contributed by atoms with E-state index in [0.717, 1.165) is 36.0 Å². The predicted molar refractivity (Wildman–Crippen MR) is 95.6 cm³/mol. The number of hydrogen-bond acceptors (Lipinski definition) is 4. The summed E-state index contributed by atoms with van der Waals surface area (Å²) in [7, 11) is 0. The molecule has 1 heterocycles. The molecule has 1 aliphatic rings. The van der Waals surface area contributed by atoms with Crippen LogP contribution in [0.25, 0.3) is 11.0 Å². The first-order valence-electron chi connectivity index (χ1n) is 8.88. The number of fused-ring (bicyclic) bond motifs is 3. The molecule has 3 rings (SSSR count). The lowest BCUT2D eigenvalue weighted by atomic mass is 9.96. The number of carbonyl (C=O) groups is 2. The topological polar surface area (TPSA) is 68.5 Å². The summed E-state index contributed by atoms with van der Waals surface area (Å²) in [6.45, 7) is 5.78. The maximum atomic E-state index is 12.0. The number of benzene rings is 1. The predicted octanol–water partition coefficient (Wildman–Crippen LogP) is 3.77. The van der Waals surface area contributed by atoms with E-state index in [-0.39, 0.29) is 24.8 Å². The van der Waals surface area contributed by atoms with Gasteiger partial charge in [-0.3, -0.25) is 9.59 Å². The van der Waals surface area contributed by atoms with E-state index in [1.165, 1.54) is 12.0 Å². The van der Waals surface area contributed by atoms with Crippen molar-refractivity contribution in [1.82, 2.24) is 5.32 Å². The summed E-state index contributed by atoms with van der Waals surface area (Å²) < 4.78 is 11.3. The number of ether oxygens (including phenoxy) is 1. The van der Waals surface area contributed by atoms with E-state index >= 15 is 0 Å². The first-order valence-corrected chi connectivity index (χ1v) is 8.88. The first kappa shape index (κ1) is 17.5. The summed E-state index contributed by atoms with van der Waals surface area (Å²) in [4.78, 5) is 23.8. The van der Waals surface area contributed by atoms with Gasteiger partial charge in [0, 0.05) is 29.3 Å². The van der Waals surface area contributed by atoms with Crippen molar-refractivity contribution in [3.63, 3.8) is 0 Å². The van der Waals surface area contributed by atoms with Crippen molar-refractivity contribution in [2.24, 2.45) is 5.41 Å². The highest BCUT2D eigenvalue weighted by Gasteiger charge is 2.21. The summed E-state index contributed by atoms with van der Waals surface area (Å²) >= 11 is 0. The zero-order valence-electron chi connectivity index (χ0n) is 15.1. The number of carbonyl (C=O) groups excluding carboxylic acids is 2. The van der Waals surface area contributed by atoms with Gasteiger partial charge < -0.3 is 14.5 Å². The van der Waals surface area contributed by atoms with E-state index in [4.69, 9.17) is 9.15 Å². The van der Waals surface area contributed by atoms with Gasteiger partial charge in [0.05, 0.1) is 6.42 Å². The van der Waals surface area contributed by atoms with Crippen LogP contribution in [0.15, 0.2) is 22.6 Å². The van der Waals surface area contributed by atoms with Crippen LogP contribution in [-0.4, -0.2) is 18.4 Å². The maximum absolute atomic E-state index is 12.0. The summed E-state index contributed by atoms with van der Waals surface area (Å²) in [5, 5.41) is 3.79. The second-order valence-corrected chi connectivity index (χ2v) is 7.60. The molecule has 1 N–H and O–H groups in total. The summed E-state index contributed by atoms with van der Waals surface area (Å²) in [6, 6.07) is 5.50. The normalized spacial score (nSPS) is 14.2. The molecule has 0 aliphatic heterocycles. The molecule has 1 aromatic heterocycles. The smallest absolute Gasteiger partial charge is 0.312 e. The molecule has 0 radical (unpaired) electrons. The Morgan fingerprint density at radius 1 is 1.20 bits per heavy atom. The van der Waals surface area contributed by atoms with Crippen LogP contribution in [0.3, 0.4) is 0 Å². The molecule has 0 atom stereocenters. The minimum atomic E-state index is -0.463. The molecule has 0 saturated carbocycles. The van der Waals surface area contributed by atoms with Crippen molar-refractivity contribution in [3.8, 4) is 5.75 Å². The number of nitrogens with one attached hydrogen (secondary N) is 1. The largest absolute Gasteiger partial charge is 0.461 e. The van der Waals surface area contributed by atoms with Crippen molar-refractivity contribution in [1.29, 1.82) is 0 Å². The van der Waals surface area contributed by atoms with Gasteiger partial charge in [0.25, 0.3) is 0 Å². The molecule has 25 heavy (non-hydrogen) atoms. The molecule has 5 heteroatoms. The highest BCUT2D eigenvalue weighted by Crippen LogP contribution is 2.34. The fraction of sp³-hybridized carbons (Fsp3) is 0.500. The Morgan fingerprint density at radius 3 is 2.72 bits per heavy atom. The Hall–Kier alpha value is -2.30.